The molecule has 19 heavy (non-hydrogen) atoms. The number of methoxy groups -OCH3 is 1. The average molecular weight is 327 g/mol. The summed E-state index contributed by atoms with van der Waals surface area (Å²) in [7, 11) is 1.61. The third-order valence-electron chi connectivity index (χ3n) is 3.54. The van der Waals surface area contributed by atoms with Crippen LogP contribution in [-0.4, -0.2) is 44.0 Å². The molecule has 4 nitrogen and oxygen atoms in total. The van der Waals surface area contributed by atoms with E-state index in [1.54, 1.807) is 7.11 Å². The lowest BCUT2D eigenvalue weighted by molar-refractivity contribution is 0.0943. The molecule has 0 radical (unpaired) electrons. The molecule has 2 rings (SSSR count). The second kappa shape index (κ2) is 6.50. The summed E-state index contributed by atoms with van der Waals surface area (Å²) < 4.78 is 5.97. The van der Waals surface area contributed by atoms with E-state index in [4.69, 9.17) is 10.5 Å². The standard InChI is InChI=1S/C14H19BrN2O2/c1-19-14-3-2-11(6-12(14)15)13(18)9-17-5-4-10(7-16)8-17/h2-3,6,10H,4-5,7-9,16H2,1H3. The zero-order valence-electron chi connectivity index (χ0n) is 11.1. The summed E-state index contributed by atoms with van der Waals surface area (Å²) in [4.78, 5) is 14.4. The van der Waals surface area contributed by atoms with Gasteiger partial charge < -0.3 is 10.5 Å². The first-order valence-corrected chi connectivity index (χ1v) is 7.22. The van der Waals surface area contributed by atoms with Gasteiger partial charge >= 0.3 is 0 Å². The Balaban J connectivity index is 1.98. The van der Waals surface area contributed by atoms with E-state index < -0.39 is 0 Å². The molecule has 1 aromatic rings. The number of rotatable bonds is 5. The molecule has 104 valence electrons. The lowest BCUT2D eigenvalue weighted by Gasteiger charge is -2.15. The number of benzene rings is 1. The molecular formula is C14H19BrN2O2. The first kappa shape index (κ1) is 14.5. The number of ether oxygens (including phenoxy) is 1. The molecule has 5 heteroatoms. The number of hydrogen-bond donors (Lipinski definition) is 1. The van der Waals surface area contributed by atoms with Crippen LogP contribution in [0.5, 0.6) is 5.75 Å². The van der Waals surface area contributed by atoms with Gasteiger partial charge in [-0.25, -0.2) is 0 Å². The number of carbonyl (C=O) groups is 1. The first-order valence-electron chi connectivity index (χ1n) is 6.43. The van der Waals surface area contributed by atoms with Crippen molar-refractivity contribution >= 4 is 21.7 Å². The predicted molar refractivity (Wildman–Crippen MR) is 78.6 cm³/mol. The summed E-state index contributed by atoms with van der Waals surface area (Å²) in [6.07, 6.45) is 1.09. The van der Waals surface area contributed by atoms with Gasteiger partial charge in [-0.15, -0.1) is 0 Å². The summed E-state index contributed by atoms with van der Waals surface area (Å²) in [5.74, 6) is 1.41. The van der Waals surface area contributed by atoms with Crippen LogP contribution in [0, 0.1) is 5.92 Å². The van der Waals surface area contributed by atoms with Crippen molar-refractivity contribution in [2.45, 2.75) is 6.42 Å². The number of Topliss-reactive ketones (excluding diaryl/α,β-unsaturated/α-hetero) is 1. The normalized spacial score (nSPS) is 19.6. The first-order chi connectivity index (χ1) is 9.13. The van der Waals surface area contributed by atoms with Gasteiger partial charge in [-0.1, -0.05) is 0 Å². The van der Waals surface area contributed by atoms with Crippen LogP contribution in [0.15, 0.2) is 22.7 Å². The van der Waals surface area contributed by atoms with Crippen LogP contribution >= 0.6 is 15.9 Å². The highest BCUT2D eigenvalue weighted by Gasteiger charge is 2.23. The van der Waals surface area contributed by atoms with E-state index in [1.165, 1.54) is 0 Å². The molecule has 1 unspecified atom stereocenters. The van der Waals surface area contributed by atoms with Gasteiger partial charge in [0.1, 0.15) is 5.75 Å². The van der Waals surface area contributed by atoms with E-state index in [-0.39, 0.29) is 5.78 Å². The zero-order valence-corrected chi connectivity index (χ0v) is 12.6. The highest BCUT2D eigenvalue weighted by atomic mass is 79.9. The Kier molecular flexibility index (Phi) is 4.96. The second-order valence-electron chi connectivity index (χ2n) is 4.90. The van der Waals surface area contributed by atoms with Gasteiger partial charge in [0.15, 0.2) is 5.78 Å². The molecule has 1 atom stereocenters. The number of likely N-dealkylation sites (tertiary alicyclic amines) is 1. The topological polar surface area (TPSA) is 55.6 Å². The molecule has 0 aromatic heterocycles. The molecule has 0 bridgehead atoms. The van der Waals surface area contributed by atoms with Crippen molar-refractivity contribution in [3.05, 3.63) is 28.2 Å². The monoisotopic (exact) mass is 326 g/mol. The van der Waals surface area contributed by atoms with Crippen molar-refractivity contribution in [3.63, 3.8) is 0 Å². The predicted octanol–water partition coefficient (Wildman–Crippen LogP) is 1.92. The fourth-order valence-corrected chi connectivity index (χ4v) is 2.92. The van der Waals surface area contributed by atoms with Gasteiger partial charge in [0, 0.05) is 12.1 Å². The van der Waals surface area contributed by atoms with E-state index in [2.05, 4.69) is 20.8 Å². The van der Waals surface area contributed by atoms with Gasteiger partial charge in [0.2, 0.25) is 0 Å². The highest BCUT2D eigenvalue weighted by Crippen LogP contribution is 2.26. The SMILES string of the molecule is COc1ccc(C(=O)CN2CCC(CN)C2)cc1Br. The minimum Gasteiger partial charge on any atom is -0.496 e. The van der Waals surface area contributed by atoms with Crippen molar-refractivity contribution in [2.75, 3.05) is 33.3 Å². The fourth-order valence-electron chi connectivity index (χ4n) is 2.38. The molecular weight excluding hydrogens is 308 g/mol. The van der Waals surface area contributed by atoms with E-state index in [9.17, 15) is 4.79 Å². The lowest BCUT2D eigenvalue weighted by atomic mass is 10.1. The summed E-state index contributed by atoms with van der Waals surface area (Å²) in [5.41, 5.74) is 6.37. The Morgan fingerprint density at radius 2 is 2.37 bits per heavy atom. The maximum atomic E-state index is 12.2. The average Bonchev–Trinajstić information content (AvgIpc) is 2.86. The molecule has 2 N–H and O–H groups in total. The number of halogens is 1. The van der Waals surface area contributed by atoms with Crippen LogP contribution in [0.2, 0.25) is 0 Å². The van der Waals surface area contributed by atoms with Gasteiger partial charge in [-0.05, 0) is 59.6 Å². The molecule has 0 saturated carbocycles. The fraction of sp³-hybridized carbons (Fsp3) is 0.500. The number of hydrogen-bond acceptors (Lipinski definition) is 4. The Bertz CT molecular complexity index is 465. The van der Waals surface area contributed by atoms with Crippen LogP contribution in [0.25, 0.3) is 0 Å². The van der Waals surface area contributed by atoms with Crippen LogP contribution in [0.1, 0.15) is 16.8 Å². The number of nitrogens with zero attached hydrogens (tertiary/aromatic N) is 1. The largest absolute Gasteiger partial charge is 0.496 e. The Hall–Kier alpha value is -0.910. The molecule has 1 saturated heterocycles. The Labute approximate surface area is 122 Å². The van der Waals surface area contributed by atoms with Crippen LogP contribution in [-0.2, 0) is 0 Å². The number of carbonyl (C=O) groups excluding carboxylic acids is 1. The maximum absolute atomic E-state index is 12.2. The Morgan fingerprint density at radius 1 is 1.58 bits per heavy atom. The van der Waals surface area contributed by atoms with Crippen LogP contribution < -0.4 is 10.5 Å². The number of ketones is 1. The number of nitrogens with two attached hydrogens (primary N) is 1. The van der Waals surface area contributed by atoms with Crippen LogP contribution in [0.4, 0.5) is 0 Å². The third-order valence-corrected chi connectivity index (χ3v) is 4.16. The smallest absolute Gasteiger partial charge is 0.176 e. The minimum atomic E-state index is 0.140. The third kappa shape index (κ3) is 3.55. The van der Waals surface area contributed by atoms with E-state index in [0.717, 1.165) is 29.7 Å². The van der Waals surface area contributed by atoms with Gasteiger partial charge in [-0.3, -0.25) is 9.69 Å². The Morgan fingerprint density at radius 3 is 2.95 bits per heavy atom. The molecule has 1 aromatic carbocycles. The zero-order chi connectivity index (χ0) is 13.8. The molecule has 0 amide bonds. The quantitative estimate of drug-likeness (QED) is 0.840. The molecule has 1 heterocycles. The molecule has 0 aliphatic carbocycles. The highest BCUT2D eigenvalue weighted by molar-refractivity contribution is 9.10. The van der Waals surface area contributed by atoms with Crippen molar-refractivity contribution in [1.82, 2.24) is 4.90 Å². The van der Waals surface area contributed by atoms with Gasteiger partial charge in [0.25, 0.3) is 0 Å². The summed E-state index contributed by atoms with van der Waals surface area (Å²) in [6.45, 7) is 3.07. The minimum absolute atomic E-state index is 0.140. The van der Waals surface area contributed by atoms with Crippen molar-refractivity contribution in [1.29, 1.82) is 0 Å². The van der Waals surface area contributed by atoms with Gasteiger partial charge in [0.05, 0.1) is 18.1 Å². The lowest BCUT2D eigenvalue weighted by Crippen LogP contribution is -2.29. The van der Waals surface area contributed by atoms with Crippen molar-refractivity contribution < 1.29 is 9.53 Å². The van der Waals surface area contributed by atoms with E-state index >= 15 is 0 Å². The molecule has 0 spiro atoms. The summed E-state index contributed by atoms with van der Waals surface area (Å²) in [5, 5.41) is 0. The summed E-state index contributed by atoms with van der Waals surface area (Å²) >= 11 is 3.40. The summed E-state index contributed by atoms with van der Waals surface area (Å²) in [6, 6.07) is 5.43. The van der Waals surface area contributed by atoms with E-state index in [0.29, 0.717) is 24.6 Å². The van der Waals surface area contributed by atoms with E-state index in [1.807, 2.05) is 18.2 Å². The van der Waals surface area contributed by atoms with Crippen LogP contribution in [0.3, 0.4) is 0 Å². The molecule has 1 aliphatic rings. The second-order valence-corrected chi connectivity index (χ2v) is 5.75. The molecule has 1 fully saturated rings. The molecule has 1 aliphatic heterocycles. The van der Waals surface area contributed by atoms with Crippen molar-refractivity contribution in [2.24, 2.45) is 11.7 Å². The van der Waals surface area contributed by atoms with Crippen molar-refractivity contribution in [3.8, 4) is 5.75 Å². The van der Waals surface area contributed by atoms with Gasteiger partial charge in [-0.2, -0.15) is 0 Å². The maximum Gasteiger partial charge on any atom is 0.176 e.